The molecule has 1 aliphatic heterocycles. The molecular formula is C18H21N3O7. The van der Waals surface area contributed by atoms with E-state index in [4.69, 9.17) is 9.57 Å². The number of imide groups is 1. The van der Waals surface area contributed by atoms with Crippen molar-refractivity contribution in [2.75, 3.05) is 0 Å². The SMILES string of the molecule is CC(C)(C)OC(=O)NNC(=O)C(=O)C(C)(C)ON1C(=O)c2ccccc2C1=O. The second kappa shape index (κ2) is 7.39. The summed E-state index contributed by atoms with van der Waals surface area (Å²) in [6, 6.07) is 6.07. The van der Waals surface area contributed by atoms with Crippen LogP contribution >= 0.6 is 0 Å². The molecule has 10 heteroatoms. The van der Waals surface area contributed by atoms with Gasteiger partial charge in [0.1, 0.15) is 5.60 Å². The molecule has 0 atom stereocenters. The first-order valence-corrected chi connectivity index (χ1v) is 8.34. The van der Waals surface area contributed by atoms with Crippen molar-refractivity contribution >= 4 is 29.6 Å². The fourth-order valence-electron chi connectivity index (χ4n) is 2.26. The van der Waals surface area contributed by atoms with Crippen molar-refractivity contribution in [2.45, 2.75) is 45.8 Å². The Hall–Kier alpha value is -3.27. The van der Waals surface area contributed by atoms with Crippen molar-refractivity contribution < 1.29 is 33.5 Å². The summed E-state index contributed by atoms with van der Waals surface area (Å²) in [5.74, 6) is -3.82. The van der Waals surface area contributed by atoms with Crippen LogP contribution in [0.5, 0.6) is 0 Å². The normalized spacial score (nSPS) is 13.8. The Morgan fingerprint density at radius 1 is 0.893 bits per heavy atom. The largest absolute Gasteiger partial charge is 0.443 e. The van der Waals surface area contributed by atoms with Gasteiger partial charge in [-0.3, -0.25) is 24.6 Å². The number of ether oxygens (including phenoxy) is 1. The molecule has 2 N–H and O–H groups in total. The first-order valence-electron chi connectivity index (χ1n) is 8.34. The molecule has 1 aromatic rings. The Morgan fingerprint density at radius 2 is 1.39 bits per heavy atom. The summed E-state index contributed by atoms with van der Waals surface area (Å²) in [5, 5.41) is 0.442. The van der Waals surface area contributed by atoms with Gasteiger partial charge in [0.25, 0.3) is 17.6 Å². The number of hydrogen-bond acceptors (Lipinski definition) is 7. The second-order valence-electron chi connectivity index (χ2n) is 7.46. The maximum absolute atomic E-state index is 12.4. The lowest BCUT2D eigenvalue weighted by atomic mass is 10.0. The van der Waals surface area contributed by atoms with Gasteiger partial charge in [-0.2, -0.15) is 0 Å². The fraction of sp³-hybridized carbons (Fsp3) is 0.389. The Labute approximate surface area is 161 Å². The molecule has 0 fully saturated rings. The summed E-state index contributed by atoms with van der Waals surface area (Å²) in [4.78, 5) is 65.8. The van der Waals surface area contributed by atoms with Gasteiger partial charge in [-0.05, 0) is 46.8 Å². The summed E-state index contributed by atoms with van der Waals surface area (Å²) in [7, 11) is 0. The number of nitrogens with one attached hydrogen (secondary N) is 2. The maximum atomic E-state index is 12.4. The van der Waals surface area contributed by atoms with E-state index in [9.17, 15) is 24.0 Å². The van der Waals surface area contributed by atoms with Gasteiger partial charge in [0.2, 0.25) is 0 Å². The lowest BCUT2D eigenvalue weighted by Crippen LogP contribution is -2.54. The highest BCUT2D eigenvalue weighted by Crippen LogP contribution is 2.26. The van der Waals surface area contributed by atoms with Crippen molar-refractivity contribution in [1.29, 1.82) is 0 Å². The number of amides is 4. The third kappa shape index (κ3) is 4.52. The molecule has 0 spiro atoms. The predicted molar refractivity (Wildman–Crippen MR) is 94.6 cm³/mol. The van der Waals surface area contributed by atoms with Crippen LogP contribution in [0.4, 0.5) is 4.79 Å². The lowest BCUT2D eigenvalue weighted by Gasteiger charge is -2.26. The average molecular weight is 391 g/mol. The van der Waals surface area contributed by atoms with Gasteiger partial charge in [0.05, 0.1) is 11.1 Å². The predicted octanol–water partition coefficient (Wildman–Crippen LogP) is 1.12. The molecule has 0 saturated carbocycles. The van der Waals surface area contributed by atoms with E-state index in [1.54, 1.807) is 32.9 Å². The Kier molecular flexibility index (Phi) is 5.55. The fourth-order valence-corrected chi connectivity index (χ4v) is 2.26. The van der Waals surface area contributed by atoms with Crippen LogP contribution in [0.15, 0.2) is 24.3 Å². The van der Waals surface area contributed by atoms with E-state index in [0.717, 1.165) is 0 Å². The van der Waals surface area contributed by atoms with E-state index in [1.807, 2.05) is 10.9 Å². The van der Waals surface area contributed by atoms with E-state index in [1.165, 1.54) is 26.0 Å². The van der Waals surface area contributed by atoms with E-state index in [0.29, 0.717) is 5.06 Å². The minimum absolute atomic E-state index is 0.131. The van der Waals surface area contributed by atoms with Crippen LogP contribution in [0.1, 0.15) is 55.3 Å². The number of Topliss-reactive ketones (excluding diaryl/α,β-unsaturated/α-hetero) is 1. The van der Waals surface area contributed by atoms with E-state index < -0.39 is 40.8 Å². The van der Waals surface area contributed by atoms with Crippen molar-refractivity contribution in [1.82, 2.24) is 15.9 Å². The number of carbonyl (C=O) groups excluding carboxylic acids is 5. The molecule has 1 aliphatic rings. The molecule has 10 nitrogen and oxygen atoms in total. The molecule has 0 bridgehead atoms. The lowest BCUT2D eigenvalue weighted by molar-refractivity contribution is -0.185. The minimum Gasteiger partial charge on any atom is -0.443 e. The van der Waals surface area contributed by atoms with Gasteiger partial charge in [0, 0.05) is 0 Å². The van der Waals surface area contributed by atoms with Gasteiger partial charge in [0.15, 0.2) is 5.60 Å². The maximum Gasteiger partial charge on any atom is 0.426 e. The zero-order chi connectivity index (χ0) is 21.3. The van der Waals surface area contributed by atoms with Crippen molar-refractivity contribution in [3.63, 3.8) is 0 Å². The summed E-state index contributed by atoms with van der Waals surface area (Å²) in [6.07, 6.45) is -0.965. The standard InChI is InChI=1S/C18H21N3O7/c1-17(2,3)27-16(26)20-19-13(23)12(22)18(4,5)28-21-14(24)10-8-6-7-9-11(10)15(21)25/h6-9H,1-5H3,(H,19,23)(H,20,26). The number of hydrazine groups is 1. The minimum atomic E-state index is -1.87. The van der Waals surface area contributed by atoms with Gasteiger partial charge >= 0.3 is 12.0 Å². The number of nitrogens with zero attached hydrogens (tertiary/aromatic N) is 1. The first-order chi connectivity index (χ1) is 12.8. The number of hydroxylamine groups is 2. The first kappa shape index (κ1) is 21.0. The number of fused-ring (bicyclic) bond motifs is 1. The molecule has 4 amide bonds. The van der Waals surface area contributed by atoms with Crippen LogP contribution in [-0.2, 0) is 19.2 Å². The zero-order valence-corrected chi connectivity index (χ0v) is 16.1. The van der Waals surface area contributed by atoms with Crippen LogP contribution in [0.3, 0.4) is 0 Å². The van der Waals surface area contributed by atoms with Gasteiger partial charge < -0.3 is 4.74 Å². The molecule has 1 aromatic carbocycles. The highest BCUT2D eigenvalue weighted by Gasteiger charge is 2.44. The number of benzene rings is 1. The van der Waals surface area contributed by atoms with Crippen molar-refractivity contribution in [3.8, 4) is 0 Å². The topological polar surface area (TPSA) is 131 Å². The molecule has 2 rings (SSSR count). The third-order valence-electron chi connectivity index (χ3n) is 3.51. The second-order valence-corrected chi connectivity index (χ2v) is 7.46. The summed E-state index contributed by atoms with van der Waals surface area (Å²) >= 11 is 0. The zero-order valence-electron chi connectivity index (χ0n) is 16.1. The summed E-state index contributed by atoms with van der Waals surface area (Å²) in [5.41, 5.74) is 1.42. The molecule has 150 valence electrons. The number of hydrogen-bond donors (Lipinski definition) is 2. The van der Waals surface area contributed by atoms with Gasteiger partial charge in [-0.25, -0.2) is 15.1 Å². The highest BCUT2D eigenvalue weighted by molar-refractivity contribution is 6.39. The Bertz CT molecular complexity index is 820. The number of carbonyl (C=O) groups is 5. The van der Waals surface area contributed by atoms with Crippen LogP contribution in [0.2, 0.25) is 0 Å². The van der Waals surface area contributed by atoms with Crippen LogP contribution in [0.25, 0.3) is 0 Å². The monoisotopic (exact) mass is 391 g/mol. The molecule has 1 heterocycles. The van der Waals surface area contributed by atoms with E-state index >= 15 is 0 Å². The smallest absolute Gasteiger partial charge is 0.426 e. The van der Waals surface area contributed by atoms with Crippen LogP contribution in [0, 0.1) is 0 Å². The van der Waals surface area contributed by atoms with Crippen LogP contribution in [-0.4, -0.2) is 45.9 Å². The molecule has 0 aromatic heterocycles. The summed E-state index contributed by atoms with van der Waals surface area (Å²) < 4.78 is 4.92. The Balaban J connectivity index is 2.01. The van der Waals surface area contributed by atoms with E-state index in [-0.39, 0.29) is 11.1 Å². The molecule has 0 radical (unpaired) electrons. The van der Waals surface area contributed by atoms with Crippen molar-refractivity contribution in [3.05, 3.63) is 35.4 Å². The Morgan fingerprint density at radius 3 is 1.86 bits per heavy atom. The molecular weight excluding hydrogens is 370 g/mol. The van der Waals surface area contributed by atoms with Crippen LogP contribution < -0.4 is 10.9 Å². The van der Waals surface area contributed by atoms with Gasteiger partial charge in [-0.1, -0.05) is 12.1 Å². The van der Waals surface area contributed by atoms with E-state index in [2.05, 4.69) is 0 Å². The summed E-state index contributed by atoms with van der Waals surface area (Å²) in [6.45, 7) is 7.30. The molecule has 0 unspecified atom stereocenters. The molecule has 0 saturated heterocycles. The highest BCUT2D eigenvalue weighted by atomic mass is 16.7. The quantitative estimate of drug-likeness (QED) is 0.447. The molecule has 0 aliphatic carbocycles. The number of rotatable bonds is 4. The molecule has 28 heavy (non-hydrogen) atoms. The third-order valence-corrected chi connectivity index (χ3v) is 3.51. The van der Waals surface area contributed by atoms with Crippen molar-refractivity contribution in [2.24, 2.45) is 0 Å². The average Bonchev–Trinajstić information content (AvgIpc) is 2.82. The van der Waals surface area contributed by atoms with Gasteiger partial charge in [-0.15, -0.1) is 5.06 Å². The number of ketones is 1.